The summed E-state index contributed by atoms with van der Waals surface area (Å²) in [6.45, 7) is 4.18. The van der Waals surface area contributed by atoms with E-state index in [-0.39, 0.29) is 0 Å². The fourth-order valence-corrected chi connectivity index (χ4v) is 3.09. The molecule has 0 bridgehead atoms. The van der Waals surface area contributed by atoms with Gasteiger partial charge in [-0.25, -0.2) is 0 Å². The van der Waals surface area contributed by atoms with E-state index in [9.17, 15) is 0 Å². The van der Waals surface area contributed by atoms with Gasteiger partial charge < -0.3 is 5.73 Å². The lowest BCUT2D eigenvalue weighted by atomic mass is 10.0. The number of aromatic nitrogens is 2. The molecule has 0 spiro atoms. The minimum atomic E-state index is 0.548. The first-order valence-corrected chi connectivity index (χ1v) is 7.00. The Hall–Kier alpha value is -2.07. The number of hydrogen-bond acceptors (Lipinski definition) is 3. The lowest BCUT2D eigenvalue weighted by Gasteiger charge is -2.04. The van der Waals surface area contributed by atoms with Gasteiger partial charge in [0, 0.05) is 0 Å². The Morgan fingerprint density at radius 1 is 1.11 bits per heavy atom. The van der Waals surface area contributed by atoms with Gasteiger partial charge in [0.1, 0.15) is 0 Å². The number of H-pyrrole nitrogens is 1. The normalized spacial score (nSPS) is 10.8. The van der Waals surface area contributed by atoms with Crippen LogP contribution in [0.25, 0.3) is 21.7 Å². The minimum absolute atomic E-state index is 0.548. The third-order valence-electron chi connectivity index (χ3n) is 3.22. The van der Waals surface area contributed by atoms with E-state index in [1.54, 1.807) is 11.3 Å². The van der Waals surface area contributed by atoms with Crippen LogP contribution in [0.1, 0.15) is 11.1 Å². The quantitative estimate of drug-likeness (QED) is 0.738. The van der Waals surface area contributed by atoms with E-state index < -0.39 is 0 Å². The predicted octanol–water partition coefficient (Wildman–Crippen LogP) is 4.00. The fourth-order valence-electron chi connectivity index (χ4n) is 2.16. The first-order chi connectivity index (χ1) is 9.16. The second-order valence-electron chi connectivity index (χ2n) is 4.66. The molecule has 3 N–H and O–H groups in total. The molecular formula is C15H15N3S. The van der Waals surface area contributed by atoms with Crippen molar-refractivity contribution in [3.8, 4) is 21.7 Å². The molecule has 1 aromatic carbocycles. The second kappa shape index (κ2) is 4.55. The summed E-state index contributed by atoms with van der Waals surface area (Å²) in [6.07, 6.45) is 0. The molecule has 0 saturated carbocycles. The predicted molar refractivity (Wildman–Crippen MR) is 81.2 cm³/mol. The van der Waals surface area contributed by atoms with Crippen LogP contribution >= 0.6 is 11.3 Å². The van der Waals surface area contributed by atoms with Crippen LogP contribution in [0, 0.1) is 13.8 Å². The zero-order valence-electron chi connectivity index (χ0n) is 10.9. The lowest BCUT2D eigenvalue weighted by molar-refractivity contribution is 1.10. The maximum Gasteiger partial charge on any atom is 0.153 e. The number of benzene rings is 1. The van der Waals surface area contributed by atoms with Crippen LogP contribution in [0.5, 0.6) is 0 Å². The molecule has 3 aromatic rings. The first-order valence-electron chi connectivity index (χ1n) is 6.12. The number of nitrogens with one attached hydrogen (secondary N) is 1. The smallest absolute Gasteiger partial charge is 0.153 e. The summed E-state index contributed by atoms with van der Waals surface area (Å²) in [5, 5.41) is 9.32. The summed E-state index contributed by atoms with van der Waals surface area (Å²) in [4.78, 5) is 1.19. The lowest BCUT2D eigenvalue weighted by Crippen LogP contribution is -1.88. The van der Waals surface area contributed by atoms with Crippen molar-refractivity contribution >= 4 is 17.2 Å². The van der Waals surface area contributed by atoms with E-state index in [1.807, 2.05) is 0 Å². The third kappa shape index (κ3) is 2.04. The number of nitrogens with zero attached hydrogens (tertiary/aromatic N) is 1. The molecule has 3 rings (SSSR count). The molecule has 0 amide bonds. The van der Waals surface area contributed by atoms with Gasteiger partial charge in [-0.2, -0.15) is 5.10 Å². The Kier molecular flexibility index (Phi) is 2.87. The zero-order valence-corrected chi connectivity index (χ0v) is 11.7. The van der Waals surface area contributed by atoms with Crippen LogP contribution in [0.15, 0.2) is 35.7 Å². The zero-order chi connectivity index (χ0) is 13.4. The summed E-state index contributed by atoms with van der Waals surface area (Å²) >= 11 is 1.70. The molecule has 2 heterocycles. The molecule has 0 fully saturated rings. The first kappa shape index (κ1) is 12.0. The number of nitrogen functional groups attached to an aromatic ring is 1. The molecule has 0 aliphatic carbocycles. The molecule has 0 radical (unpaired) electrons. The van der Waals surface area contributed by atoms with Gasteiger partial charge in [0.05, 0.1) is 16.1 Å². The van der Waals surface area contributed by atoms with Crippen molar-refractivity contribution in [1.82, 2.24) is 10.2 Å². The molecule has 0 unspecified atom stereocenters. The minimum Gasteiger partial charge on any atom is -0.382 e. The Morgan fingerprint density at radius 2 is 1.84 bits per heavy atom. The summed E-state index contributed by atoms with van der Waals surface area (Å²) < 4.78 is 0. The monoisotopic (exact) mass is 269 g/mol. The largest absolute Gasteiger partial charge is 0.382 e. The van der Waals surface area contributed by atoms with Crippen molar-refractivity contribution in [3.05, 3.63) is 46.8 Å². The maximum absolute atomic E-state index is 6.03. The van der Waals surface area contributed by atoms with Gasteiger partial charge in [-0.1, -0.05) is 29.8 Å². The van der Waals surface area contributed by atoms with E-state index in [4.69, 9.17) is 5.73 Å². The second-order valence-corrected chi connectivity index (χ2v) is 5.57. The van der Waals surface area contributed by atoms with Gasteiger partial charge in [0.25, 0.3) is 0 Å². The van der Waals surface area contributed by atoms with Gasteiger partial charge >= 0.3 is 0 Å². The molecule has 0 aliphatic rings. The van der Waals surface area contributed by atoms with Crippen molar-refractivity contribution in [3.63, 3.8) is 0 Å². The molecule has 19 heavy (non-hydrogen) atoms. The maximum atomic E-state index is 6.03. The number of hydrogen-bond donors (Lipinski definition) is 2. The van der Waals surface area contributed by atoms with Crippen LogP contribution in [-0.2, 0) is 0 Å². The Labute approximate surface area is 116 Å². The number of rotatable bonds is 2. The van der Waals surface area contributed by atoms with Gasteiger partial charge in [0.2, 0.25) is 0 Å². The van der Waals surface area contributed by atoms with Crippen LogP contribution in [-0.4, -0.2) is 10.2 Å². The number of aryl methyl sites for hydroxylation is 2. The third-order valence-corrected chi connectivity index (χ3v) is 4.26. The number of anilines is 1. The number of aromatic amines is 1. The van der Waals surface area contributed by atoms with Crippen LogP contribution in [0.3, 0.4) is 0 Å². The summed E-state index contributed by atoms with van der Waals surface area (Å²) in [7, 11) is 0. The van der Waals surface area contributed by atoms with E-state index >= 15 is 0 Å². The molecule has 0 atom stereocenters. The van der Waals surface area contributed by atoms with E-state index in [0.717, 1.165) is 16.8 Å². The van der Waals surface area contributed by atoms with Gasteiger partial charge in [-0.05, 0) is 36.4 Å². The highest BCUT2D eigenvalue weighted by Crippen LogP contribution is 2.38. The van der Waals surface area contributed by atoms with Crippen LogP contribution in [0.2, 0.25) is 0 Å². The molecule has 0 aliphatic heterocycles. The van der Waals surface area contributed by atoms with Gasteiger partial charge in [-0.15, -0.1) is 11.3 Å². The summed E-state index contributed by atoms with van der Waals surface area (Å²) in [5.41, 5.74) is 11.6. The highest BCUT2D eigenvalue weighted by molar-refractivity contribution is 7.13. The Balaban J connectivity index is 2.19. The highest BCUT2D eigenvalue weighted by Gasteiger charge is 2.16. The van der Waals surface area contributed by atoms with Crippen molar-refractivity contribution in [2.75, 3.05) is 5.73 Å². The van der Waals surface area contributed by atoms with E-state index in [2.05, 4.69) is 59.8 Å². The summed E-state index contributed by atoms with van der Waals surface area (Å²) in [5.74, 6) is 0.548. The van der Waals surface area contributed by atoms with Crippen molar-refractivity contribution in [1.29, 1.82) is 0 Å². The average molecular weight is 269 g/mol. The topological polar surface area (TPSA) is 54.7 Å². The molecule has 96 valence electrons. The molecule has 0 saturated heterocycles. The average Bonchev–Trinajstić information content (AvgIpc) is 2.97. The van der Waals surface area contributed by atoms with Crippen LogP contribution < -0.4 is 5.73 Å². The Bertz CT molecular complexity index is 707. The Morgan fingerprint density at radius 3 is 2.47 bits per heavy atom. The van der Waals surface area contributed by atoms with Crippen molar-refractivity contribution in [2.45, 2.75) is 13.8 Å². The SMILES string of the molecule is Cc1ccc(-c2c(N)n[nH]c2-c2sccc2C)cc1. The van der Waals surface area contributed by atoms with Gasteiger partial charge in [0.15, 0.2) is 5.82 Å². The van der Waals surface area contributed by atoms with Gasteiger partial charge in [-0.3, -0.25) is 5.10 Å². The molecule has 4 heteroatoms. The summed E-state index contributed by atoms with van der Waals surface area (Å²) in [6, 6.07) is 10.5. The highest BCUT2D eigenvalue weighted by atomic mass is 32.1. The molecule has 2 aromatic heterocycles. The molecule has 3 nitrogen and oxygen atoms in total. The van der Waals surface area contributed by atoms with Crippen molar-refractivity contribution < 1.29 is 0 Å². The van der Waals surface area contributed by atoms with Crippen molar-refractivity contribution in [2.24, 2.45) is 0 Å². The number of thiophene rings is 1. The van der Waals surface area contributed by atoms with Crippen LogP contribution in [0.4, 0.5) is 5.82 Å². The van der Waals surface area contributed by atoms with E-state index in [0.29, 0.717) is 5.82 Å². The molecular weight excluding hydrogens is 254 g/mol. The number of nitrogens with two attached hydrogens (primary N) is 1. The standard InChI is InChI=1S/C15H15N3S/c1-9-3-5-11(6-4-9)12-13(17-18-15(12)16)14-10(2)7-8-19-14/h3-8H,1-2H3,(H3,16,17,18). The fraction of sp³-hybridized carbons (Fsp3) is 0.133. The van der Waals surface area contributed by atoms with E-state index in [1.165, 1.54) is 16.0 Å².